The molecular formula is C12H9BrClF2N3. The van der Waals surface area contributed by atoms with Gasteiger partial charge in [-0.2, -0.15) is 0 Å². The van der Waals surface area contributed by atoms with Crippen LogP contribution < -0.4 is 5.32 Å². The Morgan fingerprint density at radius 3 is 2.42 bits per heavy atom. The van der Waals surface area contributed by atoms with Gasteiger partial charge in [0.25, 0.3) is 0 Å². The quantitative estimate of drug-likeness (QED) is 0.810. The third-order valence-corrected chi connectivity index (χ3v) is 3.40. The summed E-state index contributed by atoms with van der Waals surface area (Å²) in [6.07, 6.45) is 0. The first kappa shape index (κ1) is 14.1. The molecule has 0 bridgehead atoms. The number of aromatic nitrogens is 2. The van der Waals surface area contributed by atoms with E-state index in [1.54, 1.807) is 13.8 Å². The molecule has 1 N–H and O–H groups in total. The molecule has 2 aromatic rings. The molecule has 100 valence electrons. The van der Waals surface area contributed by atoms with Crippen LogP contribution in [0.3, 0.4) is 0 Å². The Morgan fingerprint density at radius 1 is 1.11 bits per heavy atom. The molecule has 0 aliphatic carbocycles. The van der Waals surface area contributed by atoms with E-state index in [1.807, 2.05) is 0 Å². The van der Waals surface area contributed by atoms with Crippen LogP contribution >= 0.6 is 27.5 Å². The molecule has 3 nitrogen and oxygen atoms in total. The number of rotatable bonds is 2. The second kappa shape index (κ2) is 5.38. The minimum Gasteiger partial charge on any atom is -0.335 e. The van der Waals surface area contributed by atoms with Gasteiger partial charge in [0, 0.05) is 6.07 Å². The summed E-state index contributed by atoms with van der Waals surface area (Å²) < 4.78 is 26.9. The molecule has 0 saturated heterocycles. The van der Waals surface area contributed by atoms with Crippen molar-refractivity contribution in [2.75, 3.05) is 5.32 Å². The first-order chi connectivity index (χ1) is 8.88. The largest absolute Gasteiger partial charge is 0.335 e. The predicted molar refractivity (Wildman–Crippen MR) is 73.9 cm³/mol. The molecule has 0 amide bonds. The number of nitrogens with zero attached hydrogens (tertiary/aromatic N) is 2. The molecule has 0 radical (unpaired) electrons. The molecular weight excluding hydrogens is 340 g/mol. The van der Waals surface area contributed by atoms with Crippen molar-refractivity contribution in [3.8, 4) is 0 Å². The minimum atomic E-state index is -0.739. The Kier molecular flexibility index (Phi) is 4.01. The minimum absolute atomic E-state index is 0.0627. The lowest BCUT2D eigenvalue weighted by Crippen LogP contribution is -2.02. The van der Waals surface area contributed by atoms with Crippen molar-refractivity contribution in [1.29, 1.82) is 0 Å². The number of halogens is 4. The fraction of sp³-hybridized carbons (Fsp3) is 0.167. The summed E-state index contributed by atoms with van der Waals surface area (Å²) in [6.45, 7) is 3.54. The van der Waals surface area contributed by atoms with Gasteiger partial charge in [-0.05, 0) is 35.8 Å². The highest BCUT2D eigenvalue weighted by atomic mass is 79.9. The molecule has 0 unspecified atom stereocenters. The van der Waals surface area contributed by atoms with Crippen LogP contribution in [-0.2, 0) is 0 Å². The number of anilines is 2. The number of hydrogen-bond donors (Lipinski definition) is 1. The highest BCUT2D eigenvalue weighted by Gasteiger charge is 2.12. The summed E-state index contributed by atoms with van der Waals surface area (Å²) in [4.78, 5) is 8.25. The second-order valence-electron chi connectivity index (χ2n) is 3.91. The molecule has 0 saturated carbocycles. The van der Waals surface area contributed by atoms with Gasteiger partial charge in [-0.3, -0.25) is 0 Å². The van der Waals surface area contributed by atoms with Crippen molar-refractivity contribution < 1.29 is 8.78 Å². The van der Waals surface area contributed by atoms with E-state index in [-0.39, 0.29) is 21.1 Å². The fourth-order valence-corrected chi connectivity index (χ4v) is 1.96. The Hall–Kier alpha value is -1.27. The van der Waals surface area contributed by atoms with Crippen LogP contribution in [-0.4, -0.2) is 9.97 Å². The molecule has 0 aliphatic rings. The van der Waals surface area contributed by atoms with Crippen LogP contribution in [0.25, 0.3) is 0 Å². The molecule has 7 heteroatoms. The first-order valence-electron chi connectivity index (χ1n) is 5.31. The Morgan fingerprint density at radius 2 is 1.74 bits per heavy atom. The molecule has 2 rings (SSSR count). The lowest BCUT2D eigenvalue weighted by Gasteiger charge is -2.10. The zero-order valence-corrected chi connectivity index (χ0v) is 12.4. The summed E-state index contributed by atoms with van der Waals surface area (Å²) in [7, 11) is 0. The summed E-state index contributed by atoms with van der Waals surface area (Å²) in [5.41, 5.74) is 1.43. The van der Waals surface area contributed by atoms with Gasteiger partial charge >= 0.3 is 0 Å². The van der Waals surface area contributed by atoms with Crippen molar-refractivity contribution >= 4 is 39.0 Å². The first-order valence-corrected chi connectivity index (χ1v) is 6.48. The molecule has 1 aromatic carbocycles. The topological polar surface area (TPSA) is 37.8 Å². The summed E-state index contributed by atoms with van der Waals surface area (Å²) in [5, 5.41) is 2.83. The van der Waals surface area contributed by atoms with Gasteiger partial charge in [0.1, 0.15) is 11.6 Å². The van der Waals surface area contributed by atoms with Gasteiger partial charge in [-0.15, -0.1) is 0 Å². The third kappa shape index (κ3) is 3.01. The van der Waals surface area contributed by atoms with E-state index < -0.39 is 11.6 Å². The SMILES string of the molecule is Cc1nc(Cl)c(Nc2cc(Br)c(F)cc2F)nc1C. The molecule has 1 aromatic heterocycles. The number of hydrogen-bond acceptors (Lipinski definition) is 3. The average Bonchev–Trinajstić information content (AvgIpc) is 2.32. The average molecular weight is 349 g/mol. The number of benzene rings is 1. The van der Waals surface area contributed by atoms with E-state index in [1.165, 1.54) is 6.07 Å². The van der Waals surface area contributed by atoms with Gasteiger partial charge in [0.15, 0.2) is 11.0 Å². The van der Waals surface area contributed by atoms with E-state index in [0.717, 1.165) is 6.07 Å². The maximum absolute atomic E-state index is 13.6. The molecule has 0 atom stereocenters. The fourth-order valence-electron chi connectivity index (χ4n) is 1.40. The molecule has 0 fully saturated rings. The summed E-state index contributed by atoms with van der Waals surface area (Å²) in [6, 6.07) is 2.05. The number of nitrogens with one attached hydrogen (secondary N) is 1. The van der Waals surface area contributed by atoms with Crippen molar-refractivity contribution in [3.63, 3.8) is 0 Å². The van der Waals surface area contributed by atoms with Crippen LogP contribution in [0.2, 0.25) is 5.15 Å². The second-order valence-corrected chi connectivity index (χ2v) is 5.12. The number of aryl methyl sites for hydroxylation is 2. The van der Waals surface area contributed by atoms with E-state index >= 15 is 0 Å². The van der Waals surface area contributed by atoms with Crippen molar-refractivity contribution in [3.05, 3.63) is 44.8 Å². The Bertz CT molecular complexity index is 594. The standard InChI is InChI=1S/C12H9BrClF2N3/c1-5-6(2)18-12(11(14)17-5)19-10-3-7(13)8(15)4-9(10)16/h3-4H,1-2H3,(H,18,19). The lowest BCUT2D eigenvalue weighted by atomic mass is 10.3. The lowest BCUT2D eigenvalue weighted by molar-refractivity contribution is 0.581. The van der Waals surface area contributed by atoms with Crippen molar-refractivity contribution in [2.24, 2.45) is 0 Å². The third-order valence-electron chi connectivity index (χ3n) is 2.53. The highest BCUT2D eigenvalue weighted by molar-refractivity contribution is 9.10. The molecule has 1 heterocycles. The van der Waals surface area contributed by atoms with Crippen LogP contribution in [0.4, 0.5) is 20.3 Å². The van der Waals surface area contributed by atoms with Crippen LogP contribution in [0, 0.1) is 25.5 Å². The van der Waals surface area contributed by atoms with Gasteiger partial charge in [0.2, 0.25) is 0 Å². The van der Waals surface area contributed by atoms with E-state index in [4.69, 9.17) is 11.6 Å². The Balaban J connectivity index is 2.42. The molecule has 0 aliphatic heterocycles. The maximum atomic E-state index is 13.6. The molecule has 19 heavy (non-hydrogen) atoms. The molecule has 0 spiro atoms. The smallest absolute Gasteiger partial charge is 0.172 e. The van der Waals surface area contributed by atoms with Gasteiger partial charge < -0.3 is 5.32 Å². The normalized spacial score (nSPS) is 10.6. The monoisotopic (exact) mass is 347 g/mol. The maximum Gasteiger partial charge on any atom is 0.172 e. The van der Waals surface area contributed by atoms with Crippen LogP contribution in [0.1, 0.15) is 11.4 Å². The highest BCUT2D eigenvalue weighted by Crippen LogP contribution is 2.28. The van der Waals surface area contributed by atoms with E-state index in [9.17, 15) is 8.78 Å². The zero-order chi connectivity index (χ0) is 14.2. The Labute approximate surface area is 122 Å². The van der Waals surface area contributed by atoms with E-state index in [2.05, 4.69) is 31.2 Å². The van der Waals surface area contributed by atoms with Gasteiger partial charge in [-0.25, -0.2) is 18.7 Å². The zero-order valence-electron chi connectivity index (χ0n) is 10.1. The predicted octanol–water partition coefficient (Wildman–Crippen LogP) is 4.53. The summed E-state index contributed by atoms with van der Waals surface area (Å²) >= 11 is 8.92. The summed E-state index contributed by atoms with van der Waals surface area (Å²) in [5.74, 6) is -1.20. The van der Waals surface area contributed by atoms with E-state index in [0.29, 0.717) is 11.4 Å². The van der Waals surface area contributed by atoms with Gasteiger partial charge in [-0.1, -0.05) is 11.6 Å². The van der Waals surface area contributed by atoms with Crippen molar-refractivity contribution in [1.82, 2.24) is 9.97 Å². The van der Waals surface area contributed by atoms with Crippen LogP contribution in [0.15, 0.2) is 16.6 Å². The van der Waals surface area contributed by atoms with Gasteiger partial charge in [0.05, 0.1) is 21.5 Å². The van der Waals surface area contributed by atoms with Crippen LogP contribution in [0.5, 0.6) is 0 Å². The van der Waals surface area contributed by atoms with Crippen molar-refractivity contribution in [2.45, 2.75) is 13.8 Å².